The van der Waals surface area contributed by atoms with Crippen molar-refractivity contribution in [2.24, 2.45) is 5.73 Å². The molecule has 0 saturated heterocycles. The fourth-order valence-corrected chi connectivity index (χ4v) is 2.55. The third-order valence-electron chi connectivity index (χ3n) is 1.88. The van der Waals surface area contributed by atoms with Crippen molar-refractivity contribution in [1.29, 1.82) is 5.41 Å². The molecular weight excluding hydrogens is 251 g/mol. The number of nitrogens with one attached hydrogen (secondary N) is 1. The second-order valence-corrected chi connectivity index (χ2v) is 5.13. The highest BCUT2D eigenvalue weighted by molar-refractivity contribution is 8.00. The third kappa shape index (κ3) is 3.59. The van der Waals surface area contributed by atoms with Crippen molar-refractivity contribution in [2.75, 3.05) is 0 Å². The van der Waals surface area contributed by atoms with Gasteiger partial charge in [-0.1, -0.05) is 30.1 Å². The lowest BCUT2D eigenvalue weighted by Crippen LogP contribution is -2.24. The largest absolute Gasteiger partial charge is 0.387 e. The summed E-state index contributed by atoms with van der Waals surface area (Å²) in [4.78, 5) is 0.867. The van der Waals surface area contributed by atoms with Gasteiger partial charge in [-0.05, 0) is 24.6 Å². The first kappa shape index (κ1) is 12.7. The standard InChI is InChI=1S/C10H12Cl2N2S/c1-2-8(10(13)14)15-9-5-6(11)3-4-7(9)12/h3-5,8H,2H2,1H3,(H3,13,14). The van der Waals surface area contributed by atoms with Crippen LogP contribution in [0, 0.1) is 5.41 Å². The molecule has 0 bridgehead atoms. The van der Waals surface area contributed by atoms with Gasteiger partial charge in [0.2, 0.25) is 0 Å². The first-order chi connectivity index (χ1) is 7.04. The van der Waals surface area contributed by atoms with Crippen LogP contribution in [0.3, 0.4) is 0 Å². The van der Waals surface area contributed by atoms with Crippen molar-refractivity contribution >= 4 is 40.8 Å². The second kappa shape index (κ2) is 5.64. The Kier molecular flexibility index (Phi) is 4.77. The van der Waals surface area contributed by atoms with E-state index in [1.165, 1.54) is 11.8 Å². The maximum absolute atomic E-state index is 7.41. The Morgan fingerprint density at radius 2 is 2.20 bits per heavy atom. The summed E-state index contributed by atoms with van der Waals surface area (Å²) in [7, 11) is 0. The number of benzene rings is 1. The van der Waals surface area contributed by atoms with Crippen molar-refractivity contribution in [2.45, 2.75) is 23.5 Å². The van der Waals surface area contributed by atoms with Crippen LogP contribution in [0.1, 0.15) is 13.3 Å². The zero-order chi connectivity index (χ0) is 11.4. The minimum Gasteiger partial charge on any atom is -0.387 e. The van der Waals surface area contributed by atoms with Crippen molar-refractivity contribution in [3.05, 3.63) is 28.2 Å². The Bertz CT molecular complexity index is 368. The Balaban J connectivity index is 2.87. The molecule has 1 atom stereocenters. The number of halogens is 2. The summed E-state index contributed by atoms with van der Waals surface area (Å²) >= 11 is 13.3. The lowest BCUT2D eigenvalue weighted by atomic mass is 10.3. The summed E-state index contributed by atoms with van der Waals surface area (Å²) in [6, 6.07) is 5.28. The molecule has 1 unspecified atom stereocenters. The minimum absolute atomic E-state index is 0.0408. The van der Waals surface area contributed by atoms with Crippen molar-refractivity contribution < 1.29 is 0 Å². The molecular formula is C10H12Cl2N2S. The van der Waals surface area contributed by atoms with E-state index < -0.39 is 0 Å². The predicted molar refractivity (Wildman–Crippen MR) is 68.3 cm³/mol. The molecule has 1 aromatic carbocycles. The zero-order valence-electron chi connectivity index (χ0n) is 8.26. The van der Waals surface area contributed by atoms with E-state index in [0.29, 0.717) is 10.0 Å². The molecule has 0 heterocycles. The lowest BCUT2D eigenvalue weighted by molar-refractivity contribution is 0.991. The molecule has 0 aliphatic carbocycles. The molecule has 1 aromatic rings. The monoisotopic (exact) mass is 262 g/mol. The first-order valence-electron chi connectivity index (χ1n) is 4.50. The second-order valence-electron chi connectivity index (χ2n) is 3.04. The summed E-state index contributed by atoms with van der Waals surface area (Å²) in [5, 5.41) is 8.65. The highest BCUT2D eigenvalue weighted by atomic mass is 35.5. The van der Waals surface area contributed by atoms with Gasteiger partial charge >= 0.3 is 0 Å². The van der Waals surface area contributed by atoms with Crippen molar-refractivity contribution in [3.8, 4) is 0 Å². The molecule has 0 amide bonds. The van der Waals surface area contributed by atoms with E-state index in [-0.39, 0.29) is 11.1 Å². The number of hydrogen-bond acceptors (Lipinski definition) is 2. The summed E-state index contributed by atoms with van der Waals surface area (Å²) < 4.78 is 0. The van der Waals surface area contributed by atoms with Crippen LogP contribution >= 0.6 is 35.0 Å². The van der Waals surface area contributed by atoms with Gasteiger partial charge in [-0.3, -0.25) is 5.41 Å². The van der Waals surface area contributed by atoms with E-state index in [4.69, 9.17) is 34.3 Å². The van der Waals surface area contributed by atoms with Gasteiger partial charge in [0.1, 0.15) is 5.84 Å². The predicted octanol–water partition coefficient (Wildman–Crippen LogP) is 3.80. The highest BCUT2D eigenvalue weighted by Gasteiger charge is 2.13. The van der Waals surface area contributed by atoms with Gasteiger partial charge < -0.3 is 5.73 Å². The van der Waals surface area contributed by atoms with Crippen LogP contribution in [0.15, 0.2) is 23.1 Å². The molecule has 82 valence electrons. The molecule has 0 fully saturated rings. The summed E-state index contributed by atoms with van der Waals surface area (Å²) in [5.41, 5.74) is 5.47. The van der Waals surface area contributed by atoms with Gasteiger partial charge in [0.05, 0.1) is 10.3 Å². The number of nitrogens with two attached hydrogens (primary N) is 1. The van der Waals surface area contributed by atoms with E-state index in [2.05, 4.69) is 0 Å². The molecule has 0 aromatic heterocycles. The maximum Gasteiger partial charge on any atom is 0.104 e. The number of thioether (sulfide) groups is 1. The van der Waals surface area contributed by atoms with Crippen LogP contribution in [0.4, 0.5) is 0 Å². The Labute approximate surface area is 104 Å². The summed E-state index contributed by atoms with van der Waals surface area (Å²) in [5.74, 6) is 0.165. The van der Waals surface area contributed by atoms with Gasteiger partial charge in [0, 0.05) is 9.92 Å². The molecule has 0 spiro atoms. The molecule has 0 saturated carbocycles. The number of amidine groups is 1. The number of rotatable bonds is 4. The Hall–Kier alpha value is -0.380. The summed E-state index contributed by atoms with van der Waals surface area (Å²) in [6.45, 7) is 1.98. The number of hydrogen-bond donors (Lipinski definition) is 2. The Morgan fingerprint density at radius 3 is 2.73 bits per heavy atom. The van der Waals surface area contributed by atoms with E-state index in [1.807, 2.05) is 6.92 Å². The molecule has 0 aliphatic heterocycles. The fourth-order valence-electron chi connectivity index (χ4n) is 1.09. The zero-order valence-corrected chi connectivity index (χ0v) is 10.6. The van der Waals surface area contributed by atoms with Crippen LogP contribution in [0.5, 0.6) is 0 Å². The molecule has 5 heteroatoms. The van der Waals surface area contributed by atoms with Crippen LogP contribution in [-0.2, 0) is 0 Å². The van der Waals surface area contributed by atoms with E-state index in [1.54, 1.807) is 18.2 Å². The molecule has 2 nitrogen and oxygen atoms in total. The van der Waals surface area contributed by atoms with E-state index >= 15 is 0 Å². The van der Waals surface area contributed by atoms with Crippen molar-refractivity contribution in [1.82, 2.24) is 0 Å². The first-order valence-corrected chi connectivity index (χ1v) is 6.13. The van der Waals surface area contributed by atoms with E-state index in [0.717, 1.165) is 11.3 Å². The van der Waals surface area contributed by atoms with Gasteiger partial charge in [-0.2, -0.15) is 0 Å². The van der Waals surface area contributed by atoms with Gasteiger partial charge in [-0.25, -0.2) is 0 Å². The topological polar surface area (TPSA) is 49.9 Å². The van der Waals surface area contributed by atoms with Crippen LogP contribution < -0.4 is 5.73 Å². The molecule has 3 N–H and O–H groups in total. The normalized spacial score (nSPS) is 12.5. The van der Waals surface area contributed by atoms with Gasteiger partial charge in [0.15, 0.2) is 0 Å². The molecule has 15 heavy (non-hydrogen) atoms. The quantitative estimate of drug-likeness (QED) is 0.493. The fraction of sp³-hybridized carbons (Fsp3) is 0.300. The average molecular weight is 263 g/mol. The molecule has 1 rings (SSSR count). The highest BCUT2D eigenvalue weighted by Crippen LogP contribution is 2.33. The maximum atomic E-state index is 7.41. The summed E-state index contributed by atoms with van der Waals surface area (Å²) in [6.07, 6.45) is 0.794. The van der Waals surface area contributed by atoms with E-state index in [9.17, 15) is 0 Å². The van der Waals surface area contributed by atoms with Crippen LogP contribution in [0.25, 0.3) is 0 Å². The Morgan fingerprint density at radius 1 is 1.53 bits per heavy atom. The third-order valence-corrected chi connectivity index (χ3v) is 4.02. The minimum atomic E-state index is -0.0408. The smallest absolute Gasteiger partial charge is 0.104 e. The van der Waals surface area contributed by atoms with Gasteiger partial charge in [-0.15, -0.1) is 11.8 Å². The van der Waals surface area contributed by atoms with Crippen LogP contribution in [-0.4, -0.2) is 11.1 Å². The van der Waals surface area contributed by atoms with Gasteiger partial charge in [0.25, 0.3) is 0 Å². The molecule has 0 radical (unpaired) electrons. The van der Waals surface area contributed by atoms with Crippen molar-refractivity contribution in [3.63, 3.8) is 0 Å². The SMILES string of the molecule is CCC(Sc1cc(Cl)ccc1Cl)C(=N)N. The van der Waals surface area contributed by atoms with Crippen LogP contribution in [0.2, 0.25) is 10.0 Å². The lowest BCUT2D eigenvalue weighted by Gasteiger charge is -2.13. The average Bonchev–Trinajstić information content (AvgIpc) is 2.18. The molecule has 0 aliphatic rings.